The highest BCUT2D eigenvalue weighted by Crippen LogP contribution is 2.48. The third-order valence-corrected chi connectivity index (χ3v) is 2.85. The van der Waals surface area contributed by atoms with Gasteiger partial charge in [-0.2, -0.15) is 0 Å². The predicted octanol–water partition coefficient (Wildman–Crippen LogP) is 2.91. The van der Waals surface area contributed by atoms with Gasteiger partial charge < -0.3 is 0 Å². The van der Waals surface area contributed by atoms with E-state index < -0.39 is 0 Å². The maximum absolute atomic E-state index is 12.6. The molecule has 1 fully saturated rings. The van der Waals surface area contributed by atoms with E-state index in [2.05, 4.69) is 0 Å². The molecule has 0 bridgehead atoms. The van der Waals surface area contributed by atoms with Crippen molar-refractivity contribution in [2.24, 2.45) is 5.92 Å². The van der Waals surface area contributed by atoms with E-state index in [1.807, 2.05) is 6.92 Å². The largest absolute Gasteiger partial charge is 0.299 e. The smallest absolute Gasteiger partial charge is 0.136 e. The second-order valence-corrected chi connectivity index (χ2v) is 3.82. The zero-order valence-corrected chi connectivity index (χ0v) is 8.16. The van der Waals surface area contributed by atoms with Crippen molar-refractivity contribution in [2.75, 3.05) is 0 Å². The molecular formula is C12H13FO. The second kappa shape index (κ2) is 3.52. The number of carbonyl (C=O) groups is 1. The van der Waals surface area contributed by atoms with Gasteiger partial charge in [0.15, 0.2) is 0 Å². The van der Waals surface area contributed by atoms with Crippen LogP contribution in [-0.4, -0.2) is 5.78 Å². The number of benzene rings is 1. The molecule has 0 saturated heterocycles. The van der Waals surface area contributed by atoms with Crippen LogP contribution in [0.15, 0.2) is 24.3 Å². The van der Waals surface area contributed by atoms with Crippen LogP contribution in [0.4, 0.5) is 4.39 Å². The highest BCUT2D eigenvalue weighted by atomic mass is 19.1. The lowest BCUT2D eigenvalue weighted by Gasteiger charge is -1.98. The summed E-state index contributed by atoms with van der Waals surface area (Å²) in [6, 6.07) is 6.48. The molecule has 1 aliphatic rings. The molecule has 2 rings (SSSR count). The molecule has 0 amide bonds. The molecule has 2 heteroatoms. The Morgan fingerprint density at radius 1 is 1.43 bits per heavy atom. The molecular weight excluding hydrogens is 179 g/mol. The number of Topliss-reactive ketones (excluding diaryl/α,β-unsaturated/α-hetero) is 1. The van der Waals surface area contributed by atoms with Crippen molar-refractivity contribution in [3.63, 3.8) is 0 Å². The van der Waals surface area contributed by atoms with Crippen LogP contribution in [0.25, 0.3) is 0 Å². The summed E-state index contributed by atoms with van der Waals surface area (Å²) in [5, 5.41) is 0. The second-order valence-electron chi connectivity index (χ2n) is 3.82. The van der Waals surface area contributed by atoms with Crippen molar-refractivity contribution in [3.8, 4) is 0 Å². The Morgan fingerprint density at radius 2 is 2.07 bits per heavy atom. The fourth-order valence-corrected chi connectivity index (χ4v) is 1.89. The zero-order valence-electron chi connectivity index (χ0n) is 8.16. The minimum Gasteiger partial charge on any atom is -0.299 e. The molecule has 0 aliphatic heterocycles. The van der Waals surface area contributed by atoms with Crippen LogP contribution in [-0.2, 0) is 4.79 Å². The summed E-state index contributed by atoms with van der Waals surface area (Å²) in [6.07, 6.45) is 1.56. The van der Waals surface area contributed by atoms with Gasteiger partial charge in [0.25, 0.3) is 0 Å². The van der Waals surface area contributed by atoms with E-state index in [0.29, 0.717) is 18.1 Å². The Hall–Kier alpha value is -1.18. The van der Waals surface area contributed by atoms with Crippen molar-refractivity contribution in [2.45, 2.75) is 25.7 Å². The van der Waals surface area contributed by atoms with Gasteiger partial charge in [0.05, 0.1) is 0 Å². The molecule has 0 radical (unpaired) electrons. The molecule has 0 aromatic heterocycles. The maximum Gasteiger partial charge on any atom is 0.136 e. The zero-order chi connectivity index (χ0) is 10.1. The van der Waals surface area contributed by atoms with Crippen LogP contribution in [0.2, 0.25) is 0 Å². The monoisotopic (exact) mass is 192 g/mol. The first-order valence-corrected chi connectivity index (χ1v) is 5.00. The highest BCUT2D eigenvalue weighted by molar-refractivity contribution is 5.84. The Labute approximate surface area is 82.9 Å². The fourth-order valence-electron chi connectivity index (χ4n) is 1.89. The molecule has 1 nitrogen and oxygen atoms in total. The number of hydrogen-bond donors (Lipinski definition) is 0. The summed E-state index contributed by atoms with van der Waals surface area (Å²) in [5.74, 6) is 0.667. The summed E-state index contributed by atoms with van der Waals surface area (Å²) < 4.78 is 12.6. The van der Waals surface area contributed by atoms with Crippen molar-refractivity contribution < 1.29 is 9.18 Å². The Kier molecular flexibility index (Phi) is 2.36. The molecule has 1 aromatic rings. The first-order valence-electron chi connectivity index (χ1n) is 5.00. The summed E-state index contributed by atoms with van der Waals surface area (Å²) in [4.78, 5) is 11.4. The number of rotatable bonds is 3. The van der Waals surface area contributed by atoms with Crippen LogP contribution < -0.4 is 0 Å². The molecule has 1 aliphatic carbocycles. The summed E-state index contributed by atoms with van der Waals surface area (Å²) in [6.45, 7) is 1.89. The highest BCUT2D eigenvalue weighted by Gasteiger charge is 2.42. The molecule has 1 saturated carbocycles. The van der Waals surface area contributed by atoms with Gasteiger partial charge >= 0.3 is 0 Å². The van der Waals surface area contributed by atoms with E-state index in [1.165, 1.54) is 12.1 Å². The van der Waals surface area contributed by atoms with Gasteiger partial charge in [-0.15, -0.1) is 0 Å². The van der Waals surface area contributed by atoms with Crippen molar-refractivity contribution >= 4 is 5.78 Å². The number of halogens is 1. The van der Waals surface area contributed by atoms with Gasteiger partial charge in [-0.1, -0.05) is 19.1 Å². The minimum atomic E-state index is -0.215. The maximum atomic E-state index is 12.6. The lowest BCUT2D eigenvalue weighted by Crippen LogP contribution is -1.99. The third-order valence-electron chi connectivity index (χ3n) is 2.85. The van der Waals surface area contributed by atoms with E-state index in [1.54, 1.807) is 12.1 Å². The molecule has 74 valence electrons. The van der Waals surface area contributed by atoms with Crippen LogP contribution in [0, 0.1) is 11.7 Å². The van der Waals surface area contributed by atoms with Crippen molar-refractivity contribution in [3.05, 3.63) is 35.6 Å². The van der Waals surface area contributed by atoms with E-state index in [-0.39, 0.29) is 11.7 Å². The molecule has 2 atom stereocenters. The van der Waals surface area contributed by atoms with Crippen LogP contribution in [0.1, 0.15) is 31.2 Å². The van der Waals surface area contributed by atoms with Crippen LogP contribution in [0.3, 0.4) is 0 Å². The third kappa shape index (κ3) is 1.69. The molecule has 2 unspecified atom stereocenters. The molecule has 1 aromatic carbocycles. The molecule has 14 heavy (non-hydrogen) atoms. The fraction of sp³-hybridized carbons (Fsp3) is 0.417. The number of carbonyl (C=O) groups excluding carboxylic acids is 1. The lowest BCUT2D eigenvalue weighted by molar-refractivity contribution is -0.120. The summed E-state index contributed by atoms with van der Waals surface area (Å²) >= 11 is 0. The van der Waals surface area contributed by atoms with Crippen molar-refractivity contribution in [1.82, 2.24) is 0 Å². The van der Waals surface area contributed by atoms with Gasteiger partial charge in [-0.3, -0.25) is 4.79 Å². The topological polar surface area (TPSA) is 17.1 Å². The van der Waals surface area contributed by atoms with Crippen LogP contribution >= 0.6 is 0 Å². The van der Waals surface area contributed by atoms with Gasteiger partial charge in [-0.05, 0) is 30.0 Å². The standard InChI is InChI=1S/C12H13FO/c1-2-12(14)11-7-10(11)8-3-5-9(13)6-4-8/h3-6,10-11H,2,7H2,1H3. The van der Waals surface area contributed by atoms with Gasteiger partial charge in [0.1, 0.15) is 11.6 Å². The Morgan fingerprint density at radius 3 is 2.64 bits per heavy atom. The van der Waals surface area contributed by atoms with E-state index >= 15 is 0 Å². The molecule has 0 N–H and O–H groups in total. The Bertz CT molecular complexity index is 342. The van der Waals surface area contributed by atoms with Crippen molar-refractivity contribution in [1.29, 1.82) is 0 Å². The number of hydrogen-bond acceptors (Lipinski definition) is 1. The average Bonchev–Trinajstić information content (AvgIpc) is 2.98. The summed E-state index contributed by atoms with van der Waals surface area (Å²) in [5.41, 5.74) is 1.10. The first kappa shape index (κ1) is 9.38. The lowest BCUT2D eigenvalue weighted by atomic mass is 10.1. The van der Waals surface area contributed by atoms with E-state index in [9.17, 15) is 9.18 Å². The summed E-state index contributed by atoms with van der Waals surface area (Å²) in [7, 11) is 0. The van der Waals surface area contributed by atoms with Gasteiger partial charge in [0.2, 0.25) is 0 Å². The quantitative estimate of drug-likeness (QED) is 0.719. The molecule has 0 heterocycles. The predicted molar refractivity (Wildman–Crippen MR) is 52.5 cm³/mol. The van der Waals surface area contributed by atoms with Crippen LogP contribution in [0.5, 0.6) is 0 Å². The van der Waals surface area contributed by atoms with E-state index in [0.717, 1.165) is 12.0 Å². The van der Waals surface area contributed by atoms with Gasteiger partial charge in [0, 0.05) is 12.3 Å². The van der Waals surface area contributed by atoms with Gasteiger partial charge in [-0.25, -0.2) is 4.39 Å². The average molecular weight is 192 g/mol. The van der Waals surface area contributed by atoms with E-state index in [4.69, 9.17) is 0 Å². The Balaban J connectivity index is 2.06. The first-order chi connectivity index (χ1) is 6.72. The SMILES string of the molecule is CCC(=O)C1CC1c1ccc(F)cc1. The number of ketones is 1. The molecule has 0 spiro atoms. The normalized spacial score (nSPS) is 24.7. The minimum absolute atomic E-state index is 0.200.